The molecule has 0 amide bonds. The fourth-order valence-corrected chi connectivity index (χ4v) is 3.42. The van der Waals surface area contributed by atoms with Crippen LogP contribution in [0.3, 0.4) is 0 Å². The summed E-state index contributed by atoms with van der Waals surface area (Å²) in [7, 11) is 5.43. The van der Waals surface area contributed by atoms with Crippen molar-refractivity contribution in [2.75, 3.05) is 52.3 Å². The van der Waals surface area contributed by atoms with Crippen molar-refractivity contribution in [2.45, 2.75) is 0 Å². The third kappa shape index (κ3) is 3.40. The molecule has 0 atom stereocenters. The van der Waals surface area contributed by atoms with E-state index >= 15 is 0 Å². The molecule has 0 unspecified atom stereocenters. The van der Waals surface area contributed by atoms with E-state index in [0.717, 1.165) is 48.5 Å². The van der Waals surface area contributed by atoms with Crippen molar-refractivity contribution in [1.82, 2.24) is 14.9 Å². The molecule has 0 N–H and O–H groups in total. The molecular formula is C21H24N4O2. The monoisotopic (exact) mass is 364 g/mol. The van der Waals surface area contributed by atoms with Crippen LogP contribution in [-0.2, 0) is 0 Å². The maximum absolute atomic E-state index is 5.45. The number of aromatic nitrogens is 2. The second-order valence-corrected chi connectivity index (χ2v) is 6.75. The van der Waals surface area contributed by atoms with Crippen LogP contribution in [0.25, 0.3) is 22.3 Å². The summed E-state index contributed by atoms with van der Waals surface area (Å²) >= 11 is 0. The molecule has 0 radical (unpaired) electrons. The van der Waals surface area contributed by atoms with Crippen LogP contribution in [0.1, 0.15) is 0 Å². The zero-order valence-electron chi connectivity index (χ0n) is 16.0. The van der Waals surface area contributed by atoms with Crippen molar-refractivity contribution in [3.8, 4) is 22.9 Å². The highest BCUT2D eigenvalue weighted by Gasteiger charge is 2.20. The SMILES string of the molecule is COc1ccc(-c2nc(N3CCN(C)CC3)c3ccccc3n2)cc1OC. The van der Waals surface area contributed by atoms with Gasteiger partial charge in [0.25, 0.3) is 0 Å². The molecule has 0 spiro atoms. The quantitative estimate of drug-likeness (QED) is 0.709. The molecular weight excluding hydrogens is 340 g/mol. The Labute approximate surface area is 159 Å². The Balaban J connectivity index is 1.82. The first-order valence-corrected chi connectivity index (χ1v) is 9.12. The van der Waals surface area contributed by atoms with Crippen molar-refractivity contribution in [1.29, 1.82) is 0 Å². The van der Waals surface area contributed by atoms with Gasteiger partial charge in [0, 0.05) is 37.1 Å². The Morgan fingerprint density at radius 3 is 2.33 bits per heavy atom. The van der Waals surface area contributed by atoms with Crippen LogP contribution in [0, 0.1) is 0 Å². The highest BCUT2D eigenvalue weighted by molar-refractivity contribution is 5.91. The van der Waals surface area contributed by atoms with Gasteiger partial charge in [0.1, 0.15) is 5.82 Å². The standard InChI is InChI=1S/C21H24N4O2/c1-24-10-12-25(13-11-24)21-16-6-4-5-7-17(16)22-20(23-21)15-8-9-18(26-2)19(14-15)27-3/h4-9,14H,10-13H2,1-3H3. The molecule has 0 bridgehead atoms. The van der Waals surface area contributed by atoms with Gasteiger partial charge in [-0.1, -0.05) is 12.1 Å². The number of fused-ring (bicyclic) bond motifs is 1. The van der Waals surface area contributed by atoms with Crippen molar-refractivity contribution in [3.05, 3.63) is 42.5 Å². The van der Waals surface area contributed by atoms with Crippen molar-refractivity contribution >= 4 is 16.7 Å². The summed E-state index contributed by atoms with van der Waals surface area (Å²) in [5.41, 5.74) is 1.86. The summed E-state index contributed by atoms with van der Waals surface area (Å²) in [5.74, 6) is 3.07. The molecule has 1 aliphatic heterocycles. The summed E-state index contributed by atoms with van der Waals surface area (Å²) in [6.07, 6.45) is 0. The predicted octanol–water partition coefficient (Wildman–Crippen LogP) is 3.07. The zero-order valence-corrected chi connectivity index (χ0v) is 16.0. The second kappa shape index (κ2) is 7.40. The average Bonchev–Trinajstić information content (AvgIpc) is 2.73. The van der Waals surface area contributed by atoms with E-state index in [1.807, 2.05) is 36.4 Å². The first-order chi connectivity index (χ1) is 13.2. The van der Waals surface area contributed by atoms with Gasteiger partial charge in [0.15, 0.2) is 17.3 Å². The number of para-hydroxylation sites is 1. The fraction of sp³-hybridized carbons (Fsp3) is 0.333. The van der Waals surface area contributed by atoms with E-state index in [4.69, 9.17) is 19.4 Å². The fourth-order valence-electron chi connectivity index (χ4n) is 3.42. The molecule has 6 nitrogen and oxygen atoms in total. The van der Waals surface area contributed by atoms with Gasteiger partial charge >= 0.3 is 0 Å². The lowest BCUT2D eigenvalue weighted by Crippen LogP contribution is -2.45. The lowest BCUT2D eigenvalue weighted by Gasteiger charge is -2.33. The predicted molar refractivity (Wildman–Crippen MR) is 108 cm³/mol. The van der Waals surface area contributed by atoms with Gasteiger partial charge in [0.2, 0.25) is 0 Å². The third-order valence-corrected chi connectivity index (χ3v) is 5.03. The molecule has 0 saturated carbocycles. The van der Waals surface area contributed by atoms with Crippen molar-refractivity contribution in [2.24, 2.45) is 0 Å². The van der Waals surface area contributed by atoms with Crippen molar-refractivity contribution in [3.63, 3.8) is 0 Å². The molecule has 1 aromatic heterocycles. The van der Waals surface area contributed by atoms with Crippen LogP contribution in [-0.4, -0.2) is 62.3 Å². The molecule has 0 aliphatic carbocycles. The maximum atomic E-state index is 5.45. The minimum absolute atomic E-state index is 0.674. The number of nitrogens with zero attached hydrogens (tertiary/aromatic N) is 4. The van der Waals surface area contributed by atoms with E-state index in [1.165, 1.54) is 0 Å². The molecule has 3 aromatic rings. The van der Waals surface area contributed by atoms with Crippen molar-refractivity contribution < 1.29 is 9.47 Å². The van der Waals surface area contributed by atoms with Crippen LogP contribution in [0.5, 0.6) is 11.5 Å². The van der Waals surface area contributed by atoms with E-state index in [1.54, 1.807) is 14.2 Å². The number of ether oxygens (including phenoxy) is 2. The van der Waals surface area contributed by atoms with Crippen LogP contribution < -0.4 is 14.4 Å². The number of rotatable bonds is 4. The first-order valence-electron chi connectivity index (χ1n) is 9.12. The minimum atomic E-state index is 0.674. The number of likely N-dealkylation sites (N-methyl/N-ethyl adjacent to an activating group) is 1. The van der Waals surface area contributed by atoms with Crippen LogP contribution >= 0.6 is 0 Å². The molecule has 1 fully saturated rings. The molecule has 1 aliphatic rings. The van der Waals surface area contributed by atoms with Gasteiger partial charge in [-0.15, -0.1) is 0 Å². The molecule has 2 aromatic carbocycles. The number of anilines is 1. The summed E-state index contributed by atoms with van der Waals surface area (Å²) in [6, 6.07) is 14.0. The molecule has 1 saturated heterocycles. The lowest BCUT2D eigenvalue weighted by molar-refractivity contribution is 0.312. The normalized spacial score (nSPS) is 15.1. The molecule has 2 heterocycles. The molecule has 27 heavy (non-hydrogen) atoms. The van der Waals surface area contributed by atoms with E-state index < -0.39 is 0 Å². The Hall–Kier alpha value is -2.86. The maximum Gasteiger partial charge on any atom is 0.162 e. The smallest absolute Gasteiger partial charge is 0.162 e. The van der Waals surface area contributed by atoms with E-state index in [9.17, 15) is 0 Å². The number of methoxy groups -OCH3 is 2. The van der Waals surface area contributed by atoms with Crippen LogP contribution in [0.15, 0.2) is 42.5 Å². The summed E-state index contributed by atoms with van der Waals surface area (Å²) in [4.78, 5) is 14.5. The Bertz CT molecular complexity index is 952. The summed E-state index contributed by atoms with van der Waals surface area (Å²) in [6.45, 7) is 3.99. The molecule has 140 valence electrons. The zero-order chi connectivity index (χ0) is 18.8. The van der Waals surface area contributed by atoms with Gasteiger partial charge in [-0.05, 0) is 37.4 Å². The Morgan fingerprint density at radius 1 is 0.852 bits per heavy atom. The number of piperazine rings is 1. The Kier molecular flexibility index (Phi) is 4.81. The average molecular weight is 364 g/mol. The first kappa shape index (κ1) is 17.5. The van der Waals surface area contributed by atoms with E-state index in [0.29, 0.717) is 17.3 Å². The molecule has 4 rings (SSSR count). The summed E-state index contributed by atoms with van der Waals surface area (Å²) < 4.78 is 10.8. The van der Waals surface area contributed by atoms with E-state index in [2.05, 4.69) is 22.9 Å². The molecule has 6 heteroatoms. The van der Waals surface area contributed by atoms with Gasteiger partial charge in [0.05, 0.1) is 19.7 Å². The minimum Gasteiger partial charge on any atom is -0.493 e. The Morgan fingerprint density at radius 2 is 1.59 bits per heavy atom. The largest absolute Gasteiger partial charge is 0.493 e. The third-order valence-electron chi connectivity index (χ3n) is 5.03. The highest BCUT2D eigenvalue weighted by atomic mass is 16.5. The lowest BCUT2D eigenvalue weighted by atomic mass is 10.1. The van der Waals surface area contributed by atoms with Crippen LogP contribution in [0.4, 0.5) is 5.82 Å². The second-order valence-electron chi connectivity index (χ2n) is 6.75. The number of hydrogen-bond donors (Lipinski definition) is 0. The number of hydrogen-bond acceptors (Lipinski definition) is 6. The summed E-state index contributed by atoms with van der Waals surface area (Å²) in [5, 5.41) is 1.09. The van der Waals surface area contributed by atoms with Crippen LogP contribution in [0.2, 0.25) is 0 Å². The van der Waals surface area contributed by atoms with Gasteiger partial charge < -0.3 is 19.3 Å². The van der Waals surface area contributed by atoms with E-state index in [-0.39, 0.29) is 0 Å². The highest BCUT2D eigenvalue weighted by Crippen LogP contribution is 2.33. The number of benzene rings is 2. The van der Waals surface area contributed by atoms with Gasteiger partial charge in [-0.25, -0.2) is 9.97 Å². The van der Waals surface area contributed by atoms with Gasteiger partial charge in [-0.3, -0.25) is 0 Å². The topological polar surface area (TPSA) is 50.7 Å². The van der Waals surface area contributed by atoms with Gasteiger partial charge in [-0.2, -0.15) is 0 Å².